The minimum Gasteiger partial charge on any atom is -0.319 e. The zero-order chi connectivity index (χ0) is 25.2. The first-order valence-corrected chi connectivity index (χ1v) is 12.3. The summed E-state index contributed by atoms with van der Waals surface area (Å²) in [6.07, 6.45) is 7.86. The van der Waals surface area contributed by atoms with Gasteiger partial charge >= 0.3 is 0 Å². The fourth-order valence-electron chi connectivity index (χ4n) is 4.75. The molecule has 1 amide bonds. The molecule has 0 atom stereocenters. The summed E-state index contributed by atoms with van der Waals surface area (Å²) in [5.41, 5.74) is 6.28. The number of carbonyl (C=O) groups is 1. The minimum absolute atomic E-state index is 0.298. The minimum atomic E-state index is -0.333. The zero-order valence-electron chi connectivity index (χ0n) is 20.1. The number of nitrogens with zero attached hydrogens (tertiary/aromatic N) is 4. The molecule has 184 valence electrons. The molecule has 0 spiro atoms. The first-order valence-electron chi connectivity index (χ1n) is 12.3. The van der Waals surface area contributed by atoms with Gasteiger partial charge in [0.05, 0.1) is 23.1 Å². The highest BCUT2D eigenvalue weighted by Crippen LogP contribution is 2.27. The summed E-state index contributed by atoms with van der Waals surface area (Å²) in [4.78, 5) is 24.4. The van der Waals surface area contributed by atoms with Gasteiger partial charge < -0.3 is 5.32 Å². The molecule has 8 heteroatoms. The van der Waals surface area contributed by atoms with Gasteiger partial charge in [-0.1, -0.05) is 6.07 Å². The summed E-state index contributed by atoms with van der Waals surface area (Å²) in [7, 11) is 0. The maximum absolute atomic E-state index is 13.2. The highest BCUT2D eigenvalue weighted by molar-refractivity contribution is 6.11. The molecule has 1 saturated heterocycles. The lowest BCUT2D eigenvalue weighted by Gasteiger charge is -2.14. The number of amides is 1. The number of anilines is 1. The molecular weight excluding hydrogens is 467 g/mol. The van der Waals surface area contributed by atoms with Gasteiger partial charge in [-0.25, -0.2) is 4.39 Å². The number of pyridine rings is 2. The number of rotatable bonds is 6. The van der Waals surface area contributed by atoms with Gasteiger partial charge in [-0.3, -0.25) is 24.8 Å². The zero-order valence-corrected chi connectivity index (χ0v) is 20.1. The summed E-state index contributed by atoms with van der Waals surface area (Å²) in [5.74, 6) is -0.631. The lowest BCUT2D eigenvalue weighted by Crippen LogP contribution is -2.18. The molecule has 0 radical (unpaired) electrons. The normalized spacial score (nSPS) is 13.8. The number of carbonyl (C=O) groups excluding carboxylic acids is 1. The lowest BCUT2D eigenvalue weighted by atomic mass is 10.0. The van der Waals surface area contributed by atoms with Crippen molar-refractivity contribution in [3.8, 4) is 22.4 Å². The van der Waals surface area contributed by atoms with Crippen LogP contribution in [-0.2, 0) is 6.54 Å². The molecular formula is C29H25FN6O. The van der Waals surface area contributed by atoms with Gasteiger partial charge in [-0.05, 0) is 91.7 Å². The first kappa shape index (κ1) is 23.0. The van der Waals surface area contributed by atoms with Crippen LogP contribution in [0.2, 0.25) is 0 Å². The van der Waals surface area contributed by atoms with Gasteiger partial charge in [0, 0.05) is 35.5 Å². The van der Waals surface area contributed by atoms with Crippen molar-refractivity contribution in [3.63, 3.8) is 0 Å². The molecule has 2 N–H and O–H groups in total. The average molecular weight is 493 g/mol. The van der Waals surface area contributed by atoms with Crippen molar-refractivity contribution in [2.24, 2.45) is 0 Å². The molecule has 5 aromatic rings. The first-order chi connectivity index (χ1) is 18.1. The van der Waals surface area contributed by atoms with Crippen molar-refractivity contribution in [1.29, 1.82) is 0 Å². The van der Waals surface area contributed by atoms with Gasteiger partial charge in [0.25, 0.3) is 5.91 Å². The molecule has 1 aliphatic rings. The van der Waals surface area contributed by atoms with Crippen LogP contribution < -0.4 is 5.32 Å². The van der Waals surface area contributed by atoms with E-state index in [2.05, 4.69) is 36.4 Å². The predicted octanol–water partition coefficient (Wildman–Crippen LogP) is 5.67. The van der Waals surface area contributed by atoms with Crippen LogP contribution in [0.3, 0.4) is 0 Å². The van der Waals surface area contributed by atoms with Crippen molar-refractivity contribution in [3.05, 3.63) is 96.3 Å². The summed E-state index contributed by atoms with van der Waals surface area (Å²) < 4.78 is 13.2. The molecule has 0 saturated carbocycles. The van der Waals surface area contributed by atoms with E-state index in [4.69, 9.17) is 0 Å². The number of halogens is 1. The number of hydrogen-bond donors (Lipinski definition) is 2. The molecule has 1 fully saturated rings. The molecule has 0 bridgehead atoms. The number of aromatic nitrogens is 4. The van der Waals surface area contributed by atoms with E-state index in [-0.39, 0.29) is 11.7 Å². The van der Waals surface area contributed by atoms with Crippen LogP contribution in [0.25, 0.3) is 33.3 Å². The third kappa shape index (κ3) is 4.96. The average Bonchev–Trinajstić information content (AvgIpc) is 3.59. The SMILES string of the molecule is O=C(Nc1ccc(-c2ccc(F)cc2)nc1)c1n[nH]c2ccc(-c3cncc(CN4CCCC4)c3)cc12. The number of hydrogen-bond acceptors (Lipinski definition) is 5. The summed E-state index contributed by atoms with van der Waals surface area (Å²) >= 11 is 0. The number of H-pyrrole nitrogens is 1. The van der Waals surface area contributed by atoms with Gasteiger partial charge in [-0.2, -0.15) is 5.10 Å². The van der Waals surface area contributed by atoms with Crippen LogP contribution >= 0.6 is 0 Å². The standard InChI is InChI=1S/C29H25FN6O/c30-23-6-3-20(4-7-23)26-10-8-24(17-32-26)33-29(37)28-25-14-21(5-9-27(25)34-35-28)22-13-19(15-31-16-22)18-36-11-1-2-12-36/h3-10,13-17H,1-2,11-12,18H2,(H,33,37)(H,34,35). The quantitative estimate of drug-likeness (QED) is 0.319. The van der Waals surface area contributed by atoms with E-state index in [9.17, 15) is 9.18 Å². The Hall–Kier alpha value is -4.43. The van der Waals surface area contributed by atoms with E-state index in [1.165, 1.54) is 30.5 Å². The van der Waals surface area contributed by atoms with E-state index < -0.39 is 0 Å². The predicted molar refractivity (Wildman–Crippen MR) is 141 cm³/mol. The van der Waals surface area contributed by atoms with Crippen molar-refractivity contribution >= 4 is 22.5 Å². The monoisotopic (exact) mass is 492 g/mol. The van der Waals surface area contributed by atoms with Crippen molar-refractivity contribution < 1.29 is 9.18 Å². The van der Waals surface area contributed by atoms with E-state index in [0.29, 0.717) is 17.1 Å². The third-order valence-electron chi connectivity index (χ3n) is 6.67. The Bertz CT molecular complexity index is 1560. The number of likely N-dealkylation sites (tertiary alicyclic amines) is 1. The number of fused-ring (bicyclic) bond motifs is 1. The fourth-order valence-corrected chi connectivity index (χ4v) is 4.75. The van der Waals surface area contributed by atoms with Crippen LogP contribution in [0.1, 0.15) is 28.9 Å². The smallest absolute Gasteiger partial charge is 0.276 e. The van der Waals surface area contributed by atoms with Crippen molar-refractivity contribution in [2.45, 2.75) is 19.4 Å². The molecule has 0 unspecified atom stereocenters. The van der Waals surface area contributed by atoms with Gasteiger partial charge in [0.1, 0.15) is 5.82 Å². The van der Waals surface area contributed by atoms with E-state index in [1.54, 1.807) is 30.5 Å². The molecule has 3 aromatic heterocycles. The Labute approximate surface area is 213 Å². The van der Waals surface area contributed by atoms with Crippen LogP contribution in [0.4, 0.5) is 10.1 Å². The second-order valence-electron chi connectivity index (χ2n) is 9.29. The Morgan fingerprint density at radius 3 is 2.51 bits per heavy atom. The van der Waals surface area contributed by atoms with E-state index in [1.807, 2.05) is 30.6 Å². The molecule has 37 heavy (non-hydrogen) atoms. The maximum Gasteiger partial charge on any atom is 0.276 e. The summed E-state index contributed by atoms with van der Waals surface area (Å²) in [6, 6.07) is 17.8. The number of aromatic amines is 1. The summed E-state index contributed by atoms with van der Waals surface area (Å²) in [6.45, 7) is 3.17. The van der Waals surface area contributed by atoms with Gasteiger partial charge in [0.15, 0.2) is 5.69 Å². The maximum atomic E-state index is 13.2. The molecule has 1 aliphatic heterocycles. The Morgan fingerprint density at radius 1 is 0.919 bits per heavy atom. The highest BCUT2D eigenvalue weighted by atomic mass is 19.1. The largest absolute Gasteiger partial charge is 0.319 e. The Balaban J connectivity index is 1.22. The van der Waals surface area contributed by atoms with Crippen LogP contribution in [-0.4, -0.2) is 44.1 Å². The number of benzene rings is 2. The lowest BCUT2D eigenvalue weighted by molar-refractivity contribution is 0.102. The number of nitrogens with one attached hydrogen (secondary N) is 2. The second-order valence-corrected chi connectivity index (χ2v) is 9.29. The van der Waals surface area contributed by atoms with E-state index >= 15 is 0 Å². The van der Waals surface area contributed by atoms with Crippen molar-refractivity contribution in [1.82, 2.24) is 25.1 Å². The fraction of sp³-hybridized carbons (Fsp3) is 0.172. The highest BCUT2D eigenvalue weighted by Gasteiger charge is 2.17. The summed E-state index contributed by atoms with van der Waals surface area (Å²) in [5, 5.41) is 10.8. The third-order valence-corrected chi connectivity index (χ3v) is 6.67. The van der Waals surface area contributed by atoms with E-state index in [0.717, 1.165) is 47.2 Å². The van der Waals surface area contributed by atoms with Gasteiger partial charge in [0.2, 0.25) is 0 Å². The molecule has 4 heterocycles. The van der Waals surface area contributed by atoms with Crippen LogP contribution in [0, 0.1) is 5.82 Å². The topological polar surface area (TPSA) is 86.8 Å². The second kappa shape index (κ2) is 9.91. The van der Waals surface area contributed by atoms with Crippen LogP contribution in [0.5, 0.6) is 0 Å². The van der Waals surface area contributed by atoms with Gasteiger partial charge in [-0.15, -0.1) is 0 Å². The molecule has 6 rings (SSSR count). The molecule has 2 aromatic carbocycles. The Morgan fingerprint density at radius 2 is 1.73 bits per heavy atom. The van der Waals surface area contributed by atoms with Crippen LogP contribution in [0.15, 0.2) is 79.3 Å². The molecule has 7 nitrogen and oxygen atoms in total. The Kier molecular flexibility index (Phi) is 6.16. The molecule has 0 aliphatic carbocycles. The van der Waals surface area contributed by atoms with Crippen molar-refractivity contribution in [2.75, 3.05) is 18.4 Å².